The zero-order valence-corrected chi connectivity index (χ0v) is 22.2. The molecule has 0 saturated carbocycles. The Morgan fingerprint density at radius 3 is 2.21 bits per heavy atom. The first kappa shape index (κ1) is 25.8. The molecule has 2 aromatic carbocycles. The van der Waals surface area contributed by atoms with Gasteiger partial charge in [-0.1, -0.05) is 0 Å². The Hall–Kier alpha value is -4.85. The number of hydrazone groups is 1. The van der Waals surface area contributed by atoms with Gasteiger partial charge in [0.25, 0.3) is 0 Å². The van der Waals surface area contributed by atoms with Gasteiger partial charge >= 0.3 is 5.91 Å². The van der Waals surface area contributed by atoms with Gasteiger partial charge in [0.1, 0.15) is 23.9 Å². The number of aryl methyl sites for hydroxylation is 3. The maximum absolute atomic E-state index is 13.3. The van der Waals surface area contributed by atoms with Gasteiger partial charge < -0.3 is 18.3 Å². The third-order valence-corrected chi connectivity index (χ3v) is 6.56. The zero-order chi connectivity index (χ0) is 27.5. The van der Waals surface area contributed by atoms with E-state index in [9.17, 15) is 9.18 Å². The molecule has 0 aliphatic carbocycles. The number of furan rings is 1. The molecule has 0 fully saturated rings. The summed E-state index contributed by atoms with van der Waals surface area (Å²) in [6.45, 7) is 8.22. The highest BCUT2D eigenvalue weighted by molar-refractivity contribution is 5.92. The molecule has 3 aromatic heterocycles. The van der Waals surface area contributed by atoms with Gasteiger partial charge in [0.2, 0.25) is 0 Å². The van der Waals surface area contributed by atoms with Crippen LogP contribution in [0.3, 0.4) is 0 Å². The van der Waals surface area contributed by atoms with Crippen LogP contribution in [0.25, 0.3) is 11.4 Å². The number of nitrogens with zero attached hydrogens (tertiary/aromatic N) is 3. The summed E-state index contributed by atoms with van der Waals surface area (Å²) in [6, 6.07) is 23.5. The molecule has 0 radical (unpaired) electrons. The highest BCUT2D eigenvalue weighted by Gasteiger charge is 2.13. The number of hydrogen-bond donors (Lipinski definition) is 1. The van der Waals surface area contributed by atoms with Crippen molar-refractivity contribution < 1.29 is 18.3 Å². The maximum Gasteiger partial charge on any atom is 0.307 e. The lowest BCUT2D eigenvalue weighted by atomic mass is 10.2. The number of rotatable bonds is 8. The minimum atomic E-state index is -0.466. The molecule has 0 spiro atoms. The van der Waals surface area contributed by atoms with E-state index in [4.69, 9.17) is 9.15 Å². The van der Waals surface area contributed by atoms with Crippen molar-refractivity contribution in [3.05, 3.63) is 125 Å². The van der Waals surface area contributed by atoms with Gasteiger partial charge in [-0.25, -0.2) is 9.82 Å². The molecule has 1 N–H and O–H groups in total. The van der Waals surface area contributed by atoms with Crippen LogP contribution in [0.5, 0.6) is 5.75 Å². The minimum Gasteiger partial charge on any atom is -0.486 e. The van der Waals surface area contributed by atoms with Gasteiger partial charge in [0.05, 0.1) is 6.21 Å². The quantitative estimate of drug-likeness (QED) is 0.184. The Balaban J connectivity index is 1.17. The normalized spacial score (nSPS) is 11.3. The SMILES string of the molecule is Cc1ccc(C)n1-c1ccc(OCc2ccc(C(=O)N/N=C/c3cc(C)n(-c4ccc(F)cc4)c3C)o2)cc1. The third kappa shape index (κ3) is 5.55. The van der Waals surface area contributed by atoms with Crippen LogP contribution in [0.1, 0.15) is 44.7 Å². The Morgan fingerprint density at radius 2 is 1.51 bits per heavy atom. The van der Waals surface area contributed by atoms with Crippen molar-refractivity contribution >= 4 is 12.1 Å². The molecule has 7 nitrogen and oxygen atoms in total. The molecule has 8 heteroatoms. The molecule has 3 heterocycles. The van der Waals surface area contributed by atoms with E-state index in [0.717, 1.165) is 28.3 Å². The predicted octanol–water partition coefficient (Wildman–Crippen LogP) is 6.58. The molecule has 0 bridgehead atoms. The van der Waals surface area contributed by atoms with Crippen LogP contribution in [0.15, 0.2) is 88.4 Å². The monoisotopic (exact) mass is 524 g/mol. The second-order valence-corrected chi connectivity index (χ2v) is 9.34. The zero-order valence-electron chi connectivity index (χ0n) is 22.2. The van der Waals surface area contributed by atoms with Crippen molar-refractivity contribution in [2.45, 2.75) is 34.3 Å². The number of hydrogen-bond acceptors (Lipinski definition) is 4. The van der Waals surface area contributed by atoms with E-state index in [1.165, 1.54) is 23.5 Å². The van der Waals surface area contributed by atoms with E-state index >= 15 is 0 Å². The standard InChI is InChI=1S/C31H29FN4O3/c1-20-5-6-21(2)35(20)26-11-13-28(14-12-26)38-19-29-15-16-30(39-29)31(37)34-33-18-24-17-22(3)36(23(24)4)27-9-7-25(32)8-10-27/h5-18H,19H2,1-4H3,(H,34,37)/b33-18+. The van der Waals surface area contributed by atoms with E-state index in [-0.39, 0.29) is 18.2 Å². The number of ether oxygens (including phenoxy) is 1. The fraction of sp³-hybridized carbons (Fsp3) is 0.161. The third-order valence-electron chi connectivity index (χ3n) is 6.56. The Morgan fingerprint density at radius 1 is 0.872 bits per heavy atom. The molecule has 0 aliphatic heterocycles. The highest BCUT2D eigenvalue weighted by Crippen LogP contribution is 2.22. The largest absolute Gasteiger partial charge is 0.486 e. The van der Waals surface area contributed by atoms with Gasteiger partial charge in [0.15, 0.2) is 5.76 Å². The van der Waals surface area contributed by atoms with Gasteiger partial charge in [-0.3, -0.25) is 4.79 Å². The van der Waals surface area contributed by atoms with E-state index in [1.807, 2.05) is 48.7 Å². The average Bonchev–Trinajstić information content (AvgIpc) is 3.61. The lowest BCUT2D eigenvalue weighted by Crippen LogP contribution is -2.16. The van der Waals surface area contributed by atoms with Crippen molar-refractivity contribution in [1.82, 2.24) is 14.6 Å². The number of benzene rings is 2. The average molecular weight is 525 g/mol. The van der Waals surface area contributed by atoms with Crippen LogP contribution >= 0.6 is 0 Å². The van der Waals surface area contributed by atoms with Crippen molar-refractivity contribution in [1.29, 1.82) is 0 Å². The number of halogens is 1. The van der Waals surface area contributed by atoms with Gasteiger partial charge in [0, 0.05) is 39.7 Å². The number of carbonyl (C=O) groups excluding carboxylic acids is 1. The summed E-state index contributed by atoms with van der Waals surface area (Å²) in [7, 11) is 0. The van der Waals surface area contributed by atoms with E-state index in [0.29, 0.717) is 11.5 Å². The molecule has 39 heavy (non-hydrogen) atoms. The molecule has 5 rings (SSSR count). The van der Waals surface area contributed by atoms with E-state index in [1.54, 1.807) is 30.5 Å². The van der Waals surface area contributed by atoms with Crippen LogP contribution in [0.4, 0.5) is 4.39 Å². The first-order valence-corrected chi connectivity index (χ1v) is 12.6. The summed E-state index contributed by atoms with van der Waals surface area (Å²) in [5.41, 5.74) is 9.47. The van der Waals surface area contributed by atoms with E-state index < -0.39 is 5.91 Å². The van der Waals surface area contributed by atoms with Crippen LogP contribution in [0, 0.1) is 33.5 Å². The fourth-order valence-electron chi connectivity index (χ4n) is 4.62. The Labute approximate surface area is 226 Å². The second-order valence-electron chi connectivity index (χ2n) is 9.34. The van der Waals surface area contributed by atoms with Gasteiger partial charge in [-0.2, -0.15) is 5.10 Å². The summed E-state index contributed by atoms with van der Waals surface area (Å²) in [5, 5.41) is 4.09. The Kier molecular flexibility index (Phi) is 7.19. The van der Waals surface area contributed by atoms with E-state index in [2.05, 4.69) is 41.1 Å². The summed E-state index contributed by atoms with van der Waals surface area (Å²) < 4.78 is 29.0. The first-order chi connectivity index (χ1) is 18.8. The number of amides is 1. The molecular formula is C31H29FN4O3. The number of nitrogens with one attached hydrogen (secondary N) is 1. The minimum absolute atomic E-state index is 0.136. The Bertz CT molecular complexity index is 1620. The smallest absolute Gasteiger partial charge is 0.307 e. The lowest BCUT2D eigenvalue weighted by Gasteiger charge is -2.10. The van der Waals surface area contributed by atoms with Crippen LogP contribution in [-0.4, -0.2) is 21.3 Å². The van der Waals surface area contributed by atoms with Crippen molar-refractivity contribution in [2.75, 3.05) is 0 Å². The second kappa shape index (κ2) is 10.9. The summed E-state index contributed by atoms with van der Waals surface area (Å²) in [6.07, 6.45) is 1.58. The van der Waals surface area contributed by atoms with Crippen molar-refractivity contribution in [3.8, 4) is 17.1 Å². The number of carbonyl (C=O) groups is 1. The lowest BCUT2D eigenvalue weighted by molar-refractivity contribution is 0.0923. The topological polar surface area (TPSA) is 73.7 Å². The predicted molar refractivity (Wildman–Crippen MR) is 149 cm³/mol. The van der Waals surface area contributed by atoms with Crippen molar-refractivity contribution in [3.63, 3.8) is 0 Å². The molecule has 5 aromatic rings. The molecule has 0 saturated heterocycles. The molecule has 198 valence electrons. The first-order valence-electron chi connectivity index (χ1n) is 12.6. The molecule has 0 aliphatic rings. The molecule has 0 unspecified atom stereocenters. The summed E-state index contributed by atoms with van der Waals surface area (Å²) in [5.74, 6) is 0.605. The fourth-order valence-corrected chi connectivity index (χ4v) is 4.62. The molecule has 0 atom stereocenters. The van der Waals surface area contributed by atoms with Gasteiger partial charge in [-0.05, 0) is 107 Å². The van der Waals surface area contributed by atoms with Crippen molar-refractivity contribution in [2.24, 2.45) is 5.10 Å². The van der Waals surface area contributed by atoms with Crippen LogP contribution in [0.2, 0.25) is 0 Å². The highest BCUT2D eigenvalue weighted by atomic mass is 19.1. The maximum atomic E-state index is 13.3. The summed E-state index contributed by atoms with van der Waals surface area (Å²) in [4.78, 5) is 12.5. The molecule has 1 amide bonds. The number of aromatic nitrogens is 2. The van der Waals surface area contributed by atoms with Crippen LogP contribution in [-0.2, 0) is 6.61 Å². The van der Waals surface area contributed by atoms with Gasteiger partial charge in [-0.15, -0.1) is 0 Å². The molecular weight excluding hydrogens is 495 g/mol. The summed E-state index contributed by atoms with van der Waals surface area (Å²) >= 11 is 0. The van der Waals surface area contributed by atoms with Crippen LogP contribution < -0.4 is 10.2 Å².